The van der Waals surface area contributed by atoms with Crippen LogP contribution in [0.15, 0.2) is 72.8 Å². The van der Waals surface area contributed by atoms with Crippen LogP contribution in [0.1, 0.15) is 31.0 Å². The highest BCUT2D eigenvalue weighted by atomic mass is 35.5. The third-order valence-electron chi connectivity index (χ3n) is 6.40. The lowest BCUT2D eigenvalue weighted by molar-refractivity contribution is -0.130. The minimum atomic E-state index is -1.04. The number of hydrogen-bond acceptors (Lipinski definition) is 3. The van der Waals surface area contributed by atoms with Crippen LogP contribution in [0, 0.1) is 5.92 Å². The van der Waals surface area contributed by atoms with Crippen LogP contribution in [-0.4, -0.2) is 16.7 Å². The van der Waals surface area contributed by atoms with Crippen molar-refractivity contribution in [1.82, 2.24) is 5.32 Å². The molecule has 33 heavy (non-hydrogen) atoms. The number of carbonyl (C=O) groups is 1. The summed E-state index contributed by atoms with van der Waals surface area (Å²) in [6.07, 6.45) is 0.943. The number of para-hydroxylation sites is 1. The van der Waals surface area contributed by atoms with Crippen LogP contribution in [0.5, 0.6) is 5.75 Å². The predicted octanol–water partition coefficient (Wildman–Crippen LogP) is 5.70. The lowest BCUT2D eigenvalue weighted by Crippen LogP contribution is -2.72. The van der Waals surface area contributed by atoms with E-state index in [0.29, 0.717) is 15.8 Å². The van der Waals surface area contributed by atoms with E-state index in [1.165, 1.54) is 5.56 Å². The van der Waals surface area contributed by atoms with Crippen molar-refractivity contribution in [2.75, 3.05) is 10.2 Å². The number of hydrogen-bond donors (Lipinski definition) is 2. The Bertz CT molecular complexity index is 1210. The highest BCUT2D eigenvalue weighted by Gasteiger charge is 2.59. The van der Waals surface area contributed by atoms with Gasteiger partial charge < -0.3 is 15.4 Å². The molecule has 2 N–H and O–H groups in total. The van der Waals surface area contributed by atoms with E-state index in [9.17, 15) is 4.79 Å². The summed E-state index contributed by atoms with van der Waals surface area (Å²) >= 11 is 11.8. The molecule has 3 atom stereocenters. The Kier molecular flexibility index (Phi) is 5.51. The average Bonchev–Trinajstić information content (AvgIpc) is 2.80. The Morgan fingerprint density at radius 3 is 2.52 bits per heavy atom. The van der Waals surface area contributed by atoms with Crippen molar-refractivity contribution in [2.24, 2.45) is 5.92 Å². The molecular weight excluding hydrogens is 454 g/mol. The maximum absolute atomic E-state index is 13.7. The molecule has 7 heteroatoms. The Morgan fingerprint density at radius 1 is 1.12 bits per heavy atom. The van der Waals surface area contributed by atoms with Gasteiger partial charge in [-0.2, -0.15) is 0 Å². The molecule has 1 amide bonds. The number of nitrogens with one attached hydrogen (secondary N) is 2. The number of anilines is 2. The monoisotopic (exact) mass is 477 g/mol. The van der Waals surface area contributed by atoms with E-state index in [1.807, 2.05) is 48.2 Å². The third-order valence-corrected chi connectivity index (χ3v) is 6.96. The molecule has 0 unspecified atom stereocenters. The number of rotatable bonds is 4. The molecule has 0 radical (unpaired) electrons. The lowest BCUT2D eigenvalue weighted by atomic mass is 9.78. The molecular formula is C26H24ClN3O2S. The molecule has 1 fully saturated rings. The SMILES string of the molecule is CCc1ccc(N2C(=S)N[C@H]3c4ccccc4O[C@@]2(C)[C@H]3C(=O)Nc2ccc(Cl)cc2)cc1. The predicted molar refractivity (Wildman–Crippen MR) is 136 cm³/mol. The zero-order valence-electron chi connectivity index (χ0n) is 18.3. The largest absolute Gasteiger partial charge is 0.467 e. The first kappa shape index (κ1) is 21.7. The maximum atomic E-state index is 13.7. The Hall–Kier alpha value is -3.09. The van der Waals surface area contributed by atoms with Gasteiger partial charge in [-0.25, -0.2) is 0 Å². The van der Waals surface area contributed by atoms with Gasteiger partial charge in [0.25, 0.3) is 0 Å². The third kappa shape index (κ3) is 3.73. The fraction of sp³-hybridized carbons (Fsp3) is 0.231. The number of thiocarbonyl (C=S) groups is 1. The van der Waals surface area contributed by atoms with Crippen molar-refractivity contribution in [2.45, 2.75) is 32.0 Å². The number of benzene rings is 3. The van der Waals surface area contributed by atoms with E-state index >= 15 is 0 Å². The maximum Gasteiger partial charge on any atom is 0.236 e. The van der Waals surface area contributed by atoms with Crippen LogP contribution in [0.4, 0.5) is 11.4 Å². The summed E-state index contributed by atoms with van der Waals surface area (Å²) in [4.78, 5) is 15.6. The summed E-state index contributed by atoms with van der Waals surface area (Å²) < 4.78 is 6.59. The van der Waals surface area contributed by atoms with Gasteiger partial charge in [-0.05, 0) is 73.6 Å². The number of fused-ring (bicyclic) bond motifs is 4. The van der Waals surface area contributed by atoms with Crippen molar-refractivity contribution in [3.05, 3.63) is 88.9 Å². The second kappa shape index (κ2) is 8.36. The smallest absolute Gasteiger partial charge is 0.236 e. The Labute approximate surface area is 203 Å². The summed E-state index contributed by atoms with van der Waals surface area (Å²) in [7, 11) is 0. The van der Waals surface area contributed by atoms with Crippen LogP contribution in [0.3, 0.4) is 0 Å². The number of carbonyl (C=O) groups excluding carboxylic acids is 1. The van der Waals surface area contributed by atoms with Gasteiger partial charge in [0.15, 0.2) is 10.8 Å². The standard InChI is InChI=1S/C26H24ClN3O2S/c1-3-16-8-14-19(15-9-16)30-25(33)29-23-20-6-4-5-7-21(20)32-26(30,2)22(23)24(31)28-18-12-10-17(27)11-13-18/h4-15,22-23H,3H2,1-2H3,(H,28,31)(H,29,33)/t22-,23+,26+/m1/s1. The normalized spacial score (nSPS) is 23.2. The van der Waals surface area contributed by atoms with Gasteiger partial charge in [0.05, 0.1) is 6.04 Å². The Balaban J connectivity index is 1.59. The summed E-state index contributed by atoms with van der Waals surface area (Å²) in [5.41, 5.74) is 2.64. The number of halogens is 1. The molecule has 2 heterocycles. The molecule has 0 spiro atoms. The van der Waals surface area contributed by atoms with Crippen molar-refractivity contribution < 1.29 is 9.53 Å². The molecule has 2 aliphatic heterocycles. The molecule has 0 saturated carbocycles. The topological polar surface area (TPSA) is 53.6 Å². The van der Waals surface area contributed by atoms with Crippen molar-refractivity contribution in [1.29, 1.82) is 0 Å². The molecule has 168 valence electrons. The van der Waals surface area contributed by atoms with Gasteiger partial charge in [-0.3, -0.25) is 9.69 Å². The van der Waals surface area contributed by atoms with Gasteiger partial charge in [-0.1, -0.05) is 48.9 Å². The zero-order valence-corrected chi connectivity index (χ0v) is 19.9. The Morgan fingerprint density at radius 2 is 1.82 bits per heavy atom. The molecule has 0 aromatic heterocycles. The van der Waals surface area contributed by atoms with Gasteiger partial charge in [0.1, 0.15) is 11.7 Å². The highest BCUT2D eigenvalue weighted by Crippen LogP contribution is 2.49. The number of nitrogens with zero attached hydrogens (tertiary/aromatic N) is 1. The molecule has 1 saturated heterocycles. The summed E-state index contributed by atoms with van der Waals surface area (Å²) in [5, 5.41) is 7.61. The lowest BCUT2D eigenvalue weighted by Gasteiger charge is -2.56. The van der Waals surface area contributed by atoms with E-state index in [4.69, 9.17) is 28.6 Å². The van der Waals surface area contributed by atoms with Crippen molar-refractivity contribution in [3.63, 3.8) is 0 Å². The quantitative estimate of drug-likeness (QED) is 0.472. The minimum absolute atomic E-state index is 0.162. The van der Waals surface area contributed by atoms with Crippen molar-refractivity contribution in [3.8, 4) is 5.75 Å². The number of ether oxygens (including phenoxy) is 1. The van der Waals surface area contributed by atoms with Crippen LogP contribution in [-0.2, 0) is 11.2 Å². The second-order valence-corrected chi connectivity index (χ2v) is 9.27. The molecule has 2 aliphatic rings. The number of amides is 1. The fourth-order valence-corrected chi connectivity index (χ4v) is 5.29. The highest BCUT2D eigenvalue weighted by molar-refractivity contribution is 7.80. The summed E-state index contributed by atoms with van der Waals surface area (Å²) in [6, 6.07) is 22.7. The minimum Gasteiger partial charge on any atom is -0.467 e. The van der Waals surface area contributed by atoms with E-state index in [0.717, 1.165) is 23.4 Å². The number of aryl methyl sites for hydroxylation is 1. The first-order valence-corrected chi connectivity index (χ1v) is 11.7. The first-order chi connectivity index (χ1) is 15.9. The second-order valence-electron chi connectivity index (χ2n) is 8.45. The van der Waals surface area contributed by atoms with Crippen LogP contribution in [0.25, 0.3) is 0 Å². The van der Waals surface area contributed by atoms with Gasteiger partial charge in [-0.15, -0.1) is 0 Å². The zero-order chi connectivity index (χ0) is 23.2. The average molecular weight is 478 g/mol. The summed E-state index contributed by atoms with van der Waals surface area (Å²) in [6.45, 7) is 4.05. The van der Waals surface area contributed by atoms with E-state index in [-0.39, 0.29) is 11.9 Å². The van der Waals surface area contributed by atoms with Crippen LogP contribution >= 0.6 is 23.8 Å². The molecule has 0 aliphatic carbocycles. The molecule has 5 nitrogen and oxygen atoms in total. The molecule has 3 aromatic rings. The van der Waals surface area contributed by atoms with Crippen LogP contribution in [0.2, 0.25) is 5.02 Å². The summed E-state index contributed by atoms with van der Waals surface area (Å²) in [5.74, 6) is -0.00384. The van der Waals surface area contributed by atoms with E-state index in [1.54, 1.807) is 24.3 Å². The van der Waals surface area contributed by atoms with E-state index in [2.05, 4.69) is 29.7 Å². The van der Waals surface area contributed by atoms with Crippen molar-refractivity contribution >= 4 is 46.2 Å². The van der Waals surface area contributed by atoms with Gasteiger partial charge in [0.2, 0.25) is 5.91 Å². The first-order valence-electron chi connectivity index (χ1n) is 10.9. The van der Waals surface area contributed by atoms with Gasteiger partial charge in [0, 0.05) is 22.0 Å². The fourth-order valence-electron chi connectivity index (χ4n) is 4.75. The van der Waals surface area contributed by atoms with Crippen LogP contribution < -0.4 is 20.3 Å². The molecule has 2 bridgehead atoms. The van der Waals surface area contributed by atoms with Gasteiger partial charge >= 0.3 is 0 Å². The molecule has 3 aromatic carbocycles. The molecule has 5 rings (SSSR count). The van der Waals surface area contributed by atoms with E-state index < -0.39 is 11.6 Å².